The van der Waals surface area contributed by atoms with Gasteiger partial charge in [0.25, 0.3) is 0 Å². The molecule has 0 bridgehead atoms. The molecule has 1 rings (SSSR count). The van der Waals surface area contributed by atoms with E-state index in [1.807, 2.05) is 12.3 Å². The van der Waals surface area contributed by atoms with Crippen molar-refractivity contribution < 1.29 is 0 Å². The zero-order valence-corrected chi connectivity index (χ0v) is 11.6. The lowest BCUT2D eigenvalue weighted by molar-refractivity contribution is 0.326. The van der Waals surface area contributed by atoms with Crippen LogP contribution in [0.5, 0.6) is 0 Å². The van der Waals surface area contributed by atoms with Crippen LogP contribution in [0.2, 0.25) is 0 Å². The summed E-state index contributed by atoms with van der Waals surface area (Å²) in [6, 6.07) is 6.12. The van der Waals surface area contributed by atoms with E-state index < -0.39 is 0 Å². The molecule has 1 aromatic heterocycles. The first-order chi connectivity index (χ1) is 8.83. The second kappa shape index (κ2) is 10.0. The zero-order valence-electron chi connectivity index (χ0n) is 11.6. The minimum Gasteiger partial charge on any atom is -0.330 e. The van der Waals surface area contributed by atoms with Gasteiger partial charge in [-0.05, 0) is 45.1 Å². The van der Waals surface area contributed by atoms with E-state index in [1.165, 1.54) is 44.3 Å². The normalized spacial score (nSPS) is 11.1. The summed E-state index contributed by atoms with van der Waals surface area (Å²) in [5.41, 5.74) is 6.66. The molecule has 0 amide bonds. The number of nitrogens with two attached hydrogens (primary N) is 1. The predicted octanol–water partition coefficient (Wildman–Crippen LogP) is 2.47. The van der Waals surface area contributed by atoms with Crippen molar-refractivity contribution in [3.05, 3.63) is 30.1 Å². The highest BCUT2D eigenvalue weighted by Crippen LogP contribution is 2.03. The smallest absolute Gasteiger partial charge is 0.0416 e. The summed E-state index contributed by atoms with van der Waals surface area (Å²) in [6.07, 6.45) is 9.32. The summed E-state index contributed by atoms with van der Waals surface area (Å²) in [7, 11) is 2.20. The zero-order chi connectivity index (χ0) is 13.1. The molecule has 0 aliphatic carbocycles. The summed E-state index contributed by atoms with van der Waals surface area (Å²) in [6.45, 7) is 3.12. The lowest BCUT2D eigenvalue weighted by atomic mass is 10.1. The van der Waals surface area contributed by atoms with E-state index in [1.54, 1.807) is 0 Å². The topological polar surface area (TPSA) is 42.1 Å². The molecule has 0 aromatic carbocycles. The van der Waals surface area contributed by atoms with Crippen molar-refractivity contribution in [3.8, 4) is 0 Å². The Morgan fingerprint density at radius 3 is 2.56 bits per heavy atom. The maximum Gasteiger partial charge on any atom is 0.0416 e. The van der Waals surface area contributed by atoms with Crippen molar-refractivity contribution in [1.82, 2.24) is 9.88 Å². The van der Waals surface area contributed by atoms with Gasteiger partial charge in [-0.3, -0.25) is 4.98 Å². The molecule has 0 radical (unpaired) electrons. The molecule has 1 heterocycles. The summed E-state index contributed by atoms with van der Waals surface area (Å²) < 4.78 is 0. The van der Waals surface area contributed by atoms with Gasteiger partial charge in [-0.25, -0.2) is 0 Å². The summed E-state index contributed by atoms with van der Waals surface area (Å²) in [4.78, 5) is 6.74. The predicted molar refractivity (Wildman–Crippen MR) is 77.6 cm³/mol. The Labute approximate surface area is 111 Å². The Morgan fingerprint density at radius 1 is 1.06 bits per heavy atom. The average molecular weight is 249 g/mol. The molecule has 0 aliphatic rings. The average Bonchev–Trinajstić information content (AvgIpc) is 2.41. The molecule has 0 saturated heterocycles. The minimum absolute atomic E-state index is 0.837. The Kier molecular flexibility index (Phi) is 8.43. The van der Waals surface area contributed by atoms with Crippen LogP contribution in [-0.2, 0) is 6.42 Å². The van der Waals surface area contributed by atoms with Gasteiger partial charge in [0.15, 0.2) is 0 Å². The third-order valence-corrected chi connectivity index (χ3v) is 3.22. The van der Waals surface area contributed by atoms with Crippen LogP contribution in [-0.4, -0.2) is 36.6 Å². The van der Waals surface area contributed by atoms with Crippen LogP contribution in [0.1, 0.15) is 37.8 Å². The number of rotatable bonds is 10. The van der Waals surface area contributed by atoms with E-state index in [9.17, 15) is 0 Å². The van der Waals surface area contributed by atoms with Crippen molar-refractivity contribution >= 4 is 0 Å². The number of pyridine rings is 1. The van der Waals surface area contributed by atoms with Gasteiger partial charge in [0.2, 0.25) is 0 Å². The number of nitrogens with zero attached hydrogens (tertiary/aromatic N) is 2. The lowest BCUT2D eigenvalue weighted by Crippen LogP contribution is -2.22. The van der Waals surface area contributed by atoms with Gasteiger partial charge < -0.3 is 10.6 Å². The number of hydrogen-bond donors (Lipinski definition) is 1. The number of likely N-dealkylation sites (N-methyl/N-ethyl adjacent to an activating group) is 1. The minimum atomic E-state index is 0.837. The van der Waals surface area contributed by atoms with Gasteiger partial charge in [-0.1, -0.05) is 25.3 Å². The molecule has 102 valence electrons. The molecule has 0 aliphatic heterocycles. The molecule has 2 N–H and O–H groups in total. The van der Waals surface area contributed by atoms with Crippen LogP contribution in [0.25, 0.3) is 0 Å². The molecule has 0 unspecified atom stereocenters. The van der Waals surface area contributed by atoms with E-state index in [0.29, 0.717) is 0 Å². The van der Waals surface area contributed by atoms with E-state index in [-0.39, 0.29) is 0 Å². The highest BCUT2D eigenvalue weighted by atomic mass is 15.1. The van der Waals surface area contributed by atoms with Crippen molar-refractivity contribution in [2.45, 2.75) is 38.5 Å². The van der Waals surface area contributed by atoms with Crippen LogP contribution in [0, 0.1) is 0 Å². The van der Waals surface area contributed by atoms with Gasteiger partial charge >= 0.3 is 0 Å². The summed E-state index contributed by atoms with van der Waals surface area (Å²) >= 11 is 0. The number of aromatic nitrogens is 1. The van der Waals surface area contributed by atoms with Crippen molar-refractivity contribution in [2.75, 3.05) is 26.7 Å². The van der Waals surface area contributed by atoms with Crippen molar-refractivity contribution in [2.24, 2.45) is 5.73 Å². The fourth-order valence-corrected chi connectivity index (χ4v) is 2.02. The quantitative estimate of drug-likeness (QED) is 0.648. The van der Waals surface area contributed by atoms with E-state index in [0.717, 1.165) is 19.5 Å². The van der Waals surface area contributed by atoms with Crippen LogP contribution in [0.4, 0.5) is 0 Å². The second-order valence-electron chi connectivity index (χ2n) is 4.93. The van der Waals surface area contributed by atoms with E-state index in [4.69, 9.17) is 5.73 Å². The van der Waals surface area contributed by atoms with Crippen LogP contribution in [0.3, 0.4) is 0 Å². The fourth-order valence-electron chi connectivity index (χ4n) is 2.02. The molecule has 3 heteroatoms. The highest BCUT2D eigenvalue weighted by Gasteiger charge is 1.99. The Bertz CT molecular complexity index is 287. The van der Waals surface area contributed by atoms with Crippen LogP contribution >= 0.6 is 0 Å². The molecule has 18 heavy (non-hydrogen) atoms. The van der Waals surface area contributed by atoms with E-state index in [2.05, 4.69) is 29.1 Å². The molecular formula is C15H27N3. The van der Waals surface area contributed by atoms with Gasteiger partial charge in [-0.2, -0.15) is 0 Å². The molecular weight excluding hydrogens is 222 g/mol. The van der Waals surface area contributed by atoms with Crippen LogP contribution < -0.4 is 5.73 Å². The fraction of sp³-hybridized carbons (Fsp3) is 0.667. The maximum absolute atomic E-state index is 5.47. The van der Waals surface area contributed by atoms with Gasteiger partial charge in [-0.15, -0.1) is 0 Å². The molecule has 0 atom stereocenters. The Balaban J connectivity index is 1.99. The summed E-state index contributed by atoms with van der Waals surface area (Å²) in [5.74, 6) is 0. The molecule has 1 aromatic rings. The first-order valence-corrected chi connectivity index (χ1v) is 7.11. The first kappa shape index (κ1) is 15.1. The third kappa shape index (κ3) is 7.41. The van der Waals surface area contributed by atoms with E-state index >= 15 is 0 Å². The Morgan fingerprint density at radius 2 is 1.83 bits per heavy atom. The lowest BCUT2D eigenvalue weighted by Gasteiger charge is -2.16. The molecule has 0 spiro atoms. The van der Waals surface area contributed by atoms with Gasteiger partial charge in [0.1, 0.15) is 0 Å². The van der Waals surface area contributed by atoms with Gasteiger partial charge in [0, 0.05) is 24.9 Å². The molecule has 3 nitrogen and oxygen atoms in total. The third-order valence-electron chi connectivity index (χ3n) is 3.22. The highest BCUT2D eigenvalue weighted by molar-refractivity contribution is 5.03. The first-order valence-electron chi connectivity index (χ1n) is 7.11. The number of unbranched alkanes of at least 4 members (excludes halogenated alkanes) is 4. The Hall–Kier alpha value is -0.930. The maximum atomic E-state index is 5.47. The molecule has 0 saturated carbocycles. The summed E-state index contributed by atoms with van der Waals surface area (Å²) in [5, 5.41) is 0. The molecule has 0 fully saturated rings. The van der Waals surface area contributed by atoms with Crippen LogP contribution in [0.15, 0.2) is 24.4 Å². The van der Waals surface area contributed by atoms with Gasteiger partial charge in [0.05, 0.1) is 0 Å². The monoisotopic (exact) mass is 249 g/mol. The largest absolute Gasteiger partial charge is 0.330 e. The van der Waals surface area contributed by atoms with Crippen molar-refractivity contribution in [1.29, 1.82) is 0 Å². The second-order valence-corrected chi connectivity index (χ2v) is 4.93. The van der Waals surface area contributed by atoms with Crippen molar-refractivity contribution in [3.63, 3.8) is 0 Å². The SMILES string of the molecule is CN(CCCCCCCN)CCc1ccccn1. The standard InChI is InChI=1S/C15H27N3/c1-18(13-8-4-2-3-6-11-16)14-10-15-9-5-7-12-17-15/h5,7,9,12H,2-4,6,8,10-11,13-14,16H2,1H3. The number of hydrogen-bond acceptors (Lipinski definition) is 3.